The van der Waals surface area contributed by atoms with Crippen molar-refractivity contribution in [2.24, 2.45) is 0 Å². The van der Waals surface area contributed by atoms with Crippen LogP contribution in [0.25, 0.3) is 0 Å². The predicted octanol–water partition coefficient (Wildman–Crippen LogP) is 2.26. The first kappa shape index (κ1) is 15.5. The Hall–Kier alpha value is -1.44. The van der Waals surface area contributed by atoms with Gasteiger partial charge < -0.3 is 5.11 Å². The van der Waals surface area contributed by atoms with Crippen molar-refractivity contribution in [2.45, 2.75) is 24.3 Å². The van der Waals surface area contributed by atoms with E-state index in [2.05, 4.69) is 20.9 Å². The normalized spacial score (nSPS) is 17.6. The number of aromatic nitrogens is 1. The molecule has 7 heteroatoms. The second kappa shape index (κ2) is 5.64. The van der Waals surface area contributed by atoms with Gasteiger partial charge in [-0.25, -0.2) is 8.42 Å². The zero-order valence-electron chi connectivity index (χ0n) is 11.9. The van der Waals surface area contributed by atoms with Crippen LogP contribution in [-0.2, 0) is 16.4 Å². The molecule has 0 fully saturated rings. The molecule has 1 atom stereocenters. The molecule has 0 amide bonds. The van der Waals surface area contributed by atoms with Gasteiger partial charge in [-0.15, -0.1) is 0 Å². The Morgan fingerprint density at radius 3 is 2.86 bits per heavy atom. The summed E-state index contributed by atoms with van der Waals surface area (Å²) in [6.45, 7) is 1.59. The fourth-order valence-corrected chi connectivity index (χ4v) is 4.64. The number of benzene rings is 1. The molecule has 116 valence electrons. The Morgan fingerprint density at radius 1 is 1.41 bits per heavy atom. The maximum absolute atomic E-state index is 13.0. The highest BCUT2D eigenvalue weighted by Crippen LogP contribution is 2.35. The van der Waals surface area contributed by atoms with Crippen molar-refractivity contribution < 1.29 is 13.5 Å². The first-order valence-electron chi connectivity index (χ1n) is 6.80. The summed E-state index contributed by atoms with van der Waals surface area (Å²) in [6, 6.07) is 7.82. The lowest BCUT2D eigenvalue weighted by atomic mass is 10.2. The van der Waals surface area contributed by atoms with E-state index in [0.29, 0.717) is 17.8 Å². The van der Waals surface area contributed by atoms with Crippen LogP contribution in [-0.4, -0.2) is 31.2 Å². The van der Waals surface area contributed by atoms with Crippen molar-refractivity contribution in [2.75, 3.05) is 10.9 Å². The molecular weight excluding hydrogens is 368 g/mol. The summed E-state index contributed by atoms with van der Waals surface area (Å²) in [7, 11) is -3.74. The van der Waals surface area contributed by atoms with E-state index in [4.69, 9.17) is 0 Å². The highest BCUT2D eigenvalue weighted by atomic mass is 79.9. The zero-order chi connectivity index (χ0) is 15.9. The van der Waals surface area contributed by atoms with Gasteiger partial charge >= 0.3 is 0 Å². The molecule has 1 aliphatic heterocycles. The van der Waals surface area contributed by atoms with Gasteiger partial charge in [0.15, 0.2) is 0 Å². The van der Waals surface area contributed by atoms with E-state index in [1.165, 1.54) is 4.31 Å². The van der Waals surface area contributed by atoms with E-state index >= 15 is 0 Å². The maximum Gasteiger partial charge on any atom is 0.264 e. The van der Waals surface area contributed by atoms with Crippen molar-refractivity contribution in [3.63, 3.8) is 0 Å². The molecule has 0 spiro atoms. The van der Waals surface area contributed by atoms with Crippen LogP contribution in [0.1, 0.15) is 11.3 Å². The lowest BCUT2D eigenvalue weighted by molar-refractivity contribution is 0.270. The topological polar surface area (TPSA) is 70.5 Å². The van der Waals surface area contributed by atoms with Crippen LogP contribution in [0.2, 0.25) is 0 Å². The van der Waals surface area contributed by atoms with E-state index in [1.807, 2.05) is 6.92 Å². The molecule has 0 saturated carbocycles. The van der Waals surface area contributed by atoms with Gasteiger partial charge in [-0.2, -0.15) is 0 Å². The lowest BCUT2D eigenvalue weighted by Gasteiger charge is -2.25. The summed E-state index contributed by atoms with van der Waals surface area (Å²) in [6.07, 6.45) is 2.05. The van der Waals surface area contributed by atoms with Crippen molar-refractivity contribution in [3.8, 4) is 0 Å². The van der Waals surface area contributed by atoms with Gasteiger partial charge in [0.25, 0.3) is 10.0 Å². The number of aliphatic hydroxyl groups excluding tert-OH is 1. The van der Waals surface area contributed by atoms with Crippen LogP contribution in [0.5, 0.6) is 0 Å². The van der Waals surface area contributed by atoms with E-state index in [-0.39, 0.29) is 11.5 Å². The second-order valence-corrected chi connectivity index (χ2v) is 7.89. The summed E-state index contributed by atoms with van der Waals surface area (Å²) in [5.74, 6) is 0. The number of aliphatic hydroxyl groups is 1. The number of halogens is 1. The monoisotopic (exact) mass is 382 g/mol. The minimum absolute atomic E-state index is 0.211. The van der Waals surface area contributed by atoms with E-state index < -0.39 is 16.1 Å². The standard InChI is InChI=1S/C15H15BrN2O3S/c1-10-7-12(4-5-13(10)16)22(20,21)18-11(9-19)8-14-15(18)3-2-6-17-14/h2-7,11,19H,8-9H2,1H3/t11-/m0/s1. The molecule has 2 aromatic rings. The van der Waals surface area contributed by atoms with Crippen LogP contribution in [0.3, 0.4) is 0 Å². The highest BCUT2D eigenvalue weighted by molar-refractivity contribution is 9.10. The number of sulfonamides is 1. The molecule has 1 aliphatic rings. The molecule has 5 nitrogen and oxygen atoms in total. The number of anilines is 1. The SMILES string of the molecule is Cc1cc(S(=O)(=O)N2c3cccnc3C[C@H]2CO)ccc1Br. The molecule has 3 rings (SSSR count). The molecular formula is C15H15BrN2O3S. The third-order valence-corrected chi connectivity index (χ3v) is 6.51. The Labute approximate surface area is 137 Å². The Balaban J connectivity index is 2.13. The van der Waals surface area contributed by atoms with Crippen molar-refractivity contribution in [1.82, 2.24) is 4.98 Å². The molecule has 1 N–H and O–H groups in total. The van der Waals surface area contributed by atoms with Gasteiger partial charge in [-0.3, -0.25) is 9.29 Å². The number of rotatable bonds is 3. The fourth-order valence-electron chi connectivity index (χ4n) is 2.65. The Morgan fingerprint density at radius 2 is 2.18 bits per heavy atom. The minimum Gasteiger partial charge on any atom is -0.394 e. The first-order chi connectivity index (χ1) is 10.4. The predicted molar refractivity (Wildman–Crippen MR) is 87.4 cm³/mol. The molecule has 1 aromatic heterocycles. The van der Waals surface area contributed by atoms with Gasteiger partial charge in [-0.1, -0.05) is 15.9 Å². The van der Waals surface area contributed by atoms with E-state index in [9.17, 15) is 13.5 Å². The van der Waals surface area contributed by atoms with Gasteiger partial charge in [0.1, 0.15) is 0 Å². The van der Waals surface area contributed by atoms with Crippen LogP contribution in [0.4, 0.5) is 5.69 Å². The smallest absolute Gasteiger partial charge is 0.264 e. The third kappa shape index (κ3) is 2.43. The number of hydrogen-bond acceptors (Lipinski definition) is 4. The average molecular weight is 383 g/mol. The van der Waals surface area contributed by atoms with Gasteiger partial charge in [-0.05, 0) is 42.8 Å². The largest absolute Gasteiger partial charge is 0.394 e. The summed E-state index contributed by atoms with van der Waals surface area (Å²) >= 11 is 3.37. The molecule has 0 saturated heterocycles. The maximum atomic E-state index is 13.0. The molecule has 2 heterocycles. The quantitative estimate of drug-likeness (QED) is 0.883. The van der Waals surface area contributed by atoms with Crippen LogP contribution < -0.4 is 4.31 Å². The number of pyridine rings is 1. The van der Waals surface area contributed by atoms with Crippen LogP contribution in [0.15, 0.2) is 45.9 Å². The molecule has 0 bridgehead atoms. The summed E-state index contributed by atoms with van der Waals surface area (Å²) < 4.78 is 28.1. The summed E-state index contributed by atoms with van der Waals surface area (Å²) in [4.78, 5) is 4.43. The van der Waals surface area contributed by atoms with E-state index in [0.717, 1.165) is 10.0 Å². The molecule has 1 aromatic carbocycles. The number of fused-ring (bicyclic) bond motifs is 1. The summed E-state index contributed by atoms with van der Waals surface area (Å²) in [5, 5.41) is 9.58. The third-order valence-electron chi connectivity index (χ3n) is 3.76. The molecule has 0 unspecified atom stereocenters. The molecule has 22 heavy (non-hydrogen) atoms. The highest BCUT2D eigenvalue weighted by Gasteiger charge is 2.38. The Kier molecular flexibility index (Phi) is 3.96. The molecule has 0 aliphatic carbocycles. The van der Waals surface area contributed by atoms with Gasteiger partial charge in [0.2, 0.25) is 0 Å². The van der Waals surface area contributed by atoms with Crippen molar-refractivity contribution >= 4 is 31.6 Å². The number of aryl methyl sites for hydroxylation is 1. The van der Waals surface area contributed by atoms with Gasteiger partial charge in [0.05, 0.1) is 28.9 Å². The second-order valence-electron chi connectivity index (χ2n) is 5.22. The molecule has 0 radical (unpaired) electrons. The minimum atomic E-state index is -3.74. The van der Waals surface area contributed by atoms with Crippen molar-refractivity contribution in [3.05, 3.63) is 52.3 Å². The van der Waals surface area contributed by atoms with Crippen molar-refractivity contribution in [1.29, 1.82) is 0 Å². The lowest BCUT2D eigenvalue weighted by Crippen LogP contribution is -2.39. The van der Waals surface area contributed by atoms with Crippen LogP contribution >= 0.6 is 15.9 Å². The fraction of sp³-hybridized carbons (Fsp3) is 0.267. The van der Waals surface area contributed by atoms with Gasteiger partial charge in [0, 0.05) is 17.1 Å². The van der Waals surface area contributed by atoms with Crippen LogP contribution in [0, 0.1) is 6.92 Å². The first-order valence-corrected chi connectivity index (χ1v) is 9.04. The number of nitrogens with zero attached hydrogens (tertiary/aromatic N) is 2. The average Bonchev–Trinajstić information content (AvgIpc) is 2.89. The van der Waals surface area contributed by atoms with E-state index in [1.54, 1.807) is 36.5 Å². The number of hydrogen-bond donors (Lipinski definition) is 1. The Bertz CT molecular complexity index is 823. The summed E-state index contributed by atoms with van der Waals surface area (Å²) in [5.41, 5.74) is 2.08. The zero-order valence-corrected chi connectivity index (χ0v) is 14.3.